The lowest BCUT2D eigenvalue weighted by molar-refractivity contribution is 0.378. The van der Waals surface area contributed by atoms with Crippen molar-refractivity contribution in [2.75, 3.05) is 0 Å². The van der Waals surface area contributed by atoms with Crippen molar-refractivity contribution in [1.82, 2.24) is 15.0 Å². The number of benzene rings is 1. The Bertz CT molecular complexity index is 683. The molecule has 20 heavy (non-hydrogen) atoms. The molecule has 0 radical (unpaired) electrons. The van der Waals surface area contributed by atoms with Crippen LogP contribution in [0.4, 0.5) is 0 Å². The van der Waals surface area contributed by atoms with Gasteiger partial charge in [0, 0.05) is 30.4 Å². The second-order valence-electron chi connectivity index (χ2n) is 5.35. The first-order valence-electron chi connectivity index (χ1n) is 6.93. The Morgan fingerprint density at radius 2 is 2.15 bits per heavy atom. The summed E-state index contributed by atoms with van der Waals surface area (Å²) in [6.45, 7) is 5.94. The molecule has 3 rings (SSSR count). The molecule has 0 bridgehead atoms. The lowest BCUT2D eigenvalue weighted by Crippen LogP contribution is -2.21. The van der Waals surface area contributed by atoms with Gasteiger partial charge < -0.3 is 14.4 Å². The summed E-state index contributed by atoms with van der Waals surface area (Å²) in [7, 11) is 0. The molecule has 4 nitrogen and oxygen atoms in total. The number of fused-ring (bicyclic) bond motifs is 1. The van der Waals surface area contributed by atoms with Crippen LogP contribution in [0.3, 0.4) is 0 Å². The second kappa shape index (κ2) is 5.51. The maximum atomic E-state index is 5.16. The van der Waals surface area contributed by atoms with Crippen molar-refractivity contribution >= 4 is 10.9 Å². The Labute approximate surface area is 118 Å². The maximum Gasteiger partial charge on any atom is 0.156 e. The smallest absolute Gasteiger partial charge is 0.156 e. The van der Waals surface area contributed by atoms with Gasteiger partial charge >= 0.3 is 0 Å². The molecule has 0 saturated heterocycles. The molecule has 0 atom stereocenters. The Balaban J connectivity index is 1.82. The normalized spacial score (nSPS) is 11.6. The van der Waals surface area contributed by atoms with Gasteiger partial charge in [0.25, 0.3) is 0 Å². The first-order chi connectivity index (χ1) is 9.72. The Morgan fingerprint density at radius 3 is 2.90 bits per heavy atom. The molecule has 0 amide bonds. The zero-order valence-electron chi connectivity index (χ0n) is 11.8. The topological polar surface area (TPSA) is 43.0 Å². The van der Waals surface area contributed by atoms with E-state index in [9.17, 15) is 0 Å². The predicted molar refractivity (Wildman–Crippen MR) is 79.5 cm³/mol. The molecular weight excluding hydrogens is 250 g/mol. The van der Waals surface area contributed by atoms with Crippen molar-refractivity contribution < 1.29 is 4.52 Å². The predicted octanol–water partition coefficient (Wildman–Crippen LogP) is 3.18. The van der Waals surface area contributed by atoms with Crippen molar-refractivity contribution in [3.63, 3.8) is 0 Å². The first-order valence-corrected chi connectivity index (χ1v) is 6.93. The van der Waals surface area contributed by atoms with Crippen molar-refractivity contribution in [3.05, 3.63) is 54.0 Å². The number of nitrogens with zero attached hydrogens (tertiary/aromatic N) is 2. The highest BCUT2D eigenvalue weighted by Crippen LogP contribution is 2.19. The fraction of sp³-hybridized carbons (Fsp3) is 0.312. The van der Waals surface area contributed by atoms with Gasteiger partial charge in [-0.3, -0.25) is 0 Å². The summed E-state index contributed by atoms with van der Waals surface area (Å²) >= 11 is 0. The standard InChI is InChI=1S/C16H19N3O/c1-12(2)17-10-13-3-4-16-14(9-13)6-8-19(16)11-15-5-7-18-20-15/h3-9,12,17H,10-11H2,1-2H3. The van der Waals surface area contributed by atoms with Gasteiger partial charge in [-0.1, -0.05) is 25.1 Å². The third kappa shape index (κ3) is 2.75. The summed E-state index contributed by atoms with van der Waals surface area (Å²) in [6, 6.07) is 11.1. The van der Waals surface area contributed by atoms with Crippen molar-refractivity contribution in [2.45, 2.75) is 33.0 Å². The molecule has 4 heteroatoms. The molecule has 0 aliphatic carbocycles. The lowest BCUT2D eigenvalue weighted by Gasteiger charge is -2.08. The molecule has 3 aromatic rings. The summed E-state index contributed by atoms with van der Waals surface area (Å²) < 4.78 is 7.34. The van der Waals surface area contributed by atoms with Crippen LogP contribution >= 0.6 is 0 Å². The van der Waals surface area contributed by atoms with Crippen LogP contribution in [0.15, 0.2) is 47.2 Å². The van der Waals surface area contributed by atoms with Crippen LogP contribution in [0.1, 0.15) is 25.2 Å². The average molecular weight is 269 g/mol. The van der Waals surface area contributed by atoms with Crippen LogP contribution in [0.2, 0.25) is 0 Å². The van der Waals surface area contributed by atoms with Gasteiger partial charge in [-0.05, 0) is 29.1 Å². The lowest BCUT2D eigenvalue weighted by atomic mass is 10.1. The Hall–Kier alpha value is -2.07. The fourth-order valence-corrected chi connectivity index (χ4v) is 2.31. The average Bonchev–Trinajstić information content (AvgIpc) is 3.07. The molecule has 2 heterocycles. The van der Waals surface area contributed by atoms with Crippen LogP contribution in [0, 0.1) is 0 Å². The summed E-state index contributed by atoms with van der Waals surface area (Å²) in [5.41, 5.74) is 2.53. The van der Waals surface area contributed by atoms with Gasteiger partial charge in [0.1, 0.15) is 0 Å². The van der Waals surface area contributed by atoms with Crippen molar-refractivity contribution in [1.29, 1.82) is 0 Å². The van der Waals surface area contributed by atoms with Gasteiger partial charge in [-0.25, -0.2) is 0 Å². The molecule has 0 unspecified atom stereocenters. The highest BCUT2D eigenvalue weighted by molar-refractivity contribution is 5.81. The van der Waals surface area contributed by atoms with Crippen molar-refractivity contribution in [3.8, 4) is 0 Å². The number of hydrogen-bond donors (Lipinski definition) is 1. The van der Waals surface area contributed by atoms with E-state index in [2.05, 4.69) is 59.4 Å². The van der Waals surface area contributed by atoms with Gasteiger partial charge in [-0.2, -0.15) is 0 Å². The Morgan fingerprint density at radius 1 is 1.25 bits per heavy atom. The van der Waals surface area contributed by atoms with Crippen LogP contribution in [0.5, 0.6) is 0 Å². The minimum Gasteiger partial charge on any atom is -0.359 e. The van der Waals surface area contributed by atoms with E-state index in [0.717, 1.165) is 12.3 Å². The first kappa shape index (κ1) is 12.9. The second-order valence-corrected chi connectivity index (χ2v) is 5.35. The Kier molecular flexibility index (Phi) is 3.56. The molecule has 0 saturated carbocycles. The SMILES string of the molecule is CC(C)NCc1ccc2c(ccn2Cc2ccno2)c1. The largest absolute Gasteiger partial charge is 0.359 e. The van der Waals surface area contributed by atoms with E-state index in [4.69, 9.17) is 4.52 Å². The zero-order valence-corrected chi connectivity index (χ0v) is 11.8. The molecule has 104 valence electrons. The van der Waals surface area contributed by atoms with E-state index >= 15 is 0 Å². The molecular formula is C16H19N3O. The highest BCUT2D eigenvalue weighted by atomic mass is 16.5. The van der Waals surface area contributed by atoms with E-state index < -0.39 is 0 Å². The van der Waals surface area contributed by atoms with Crippen LogP contribution in [0.25, 0.3) is 10.9 Å². The quantitative estimate of drug-likeness (QED) is 0.773. The van der Waals surface area contributed by atoms with Crippen LogP contribution in [-0.2, 0) is 13.1 Å². The number of aromatic nitrogens is 2. The molecule has 1 aromatic carbocycles. The number of rotatable bonds is 5. The molecule has 0 aliphatic rings. The van der Waals surface area contributed by atoms with Gasteiger partial charge in [0.2, 0.25) is 0 Å². The highest BCUT2D eigenvalue weighted by Gasteiger charge is 2.05. The maximum absolute atomic E-state index is 5.16. The van der Waals surface area contributed by atoms with Gasteiger partial charge in [-0.15, -0.1) is 0 Å². The van der Waals surface area contributed by atoms with E-state index in [-0.39, 0.29) is 0 Å². The number of nitrogens with one attached hydrogen (secondary N) is 1. The monoisotopic (exact) mass is 269 g/mol. The molecule has 1 N–H and O–H groups in total. The third-order valence-corrected chi connectivity index (χ3v) is 3.37. The van der Waals surface area contributed by atoms with Gasteiger partial charge in [0.05, 0.1) is 12.7 Å². The molecule has 2 aromatic heterocycles. The van der Waals surface area contributed by atoms with E-state index in [1.165, 1.54) is 16.5 Å². The van der Waals surface area contributed by atoms with E-state index in [1.807, 2.05) is 6.07 Å². The zero-order chi connectivity index (χ0) is 13.9. The number of hydrogen-bond acceptors (Lipinski definition) is 3. The molecule has 0 aliphatic heterocycles. The fourth-order valence-electron chi connectivity index (χ4n) is 2.31. The van der Waals surface area contributed by atoms with Crippen LogP contribution in [-0.4, -0.2) is 15.8 Å². The van der Waals surface area contributed by atoms with E-state index in [0.29, 0.717) is 12.6 Å². The van der Waals surface area contributed by atoms with Crippen LogP contribution < -0.4 is 5.32 Å². The summed E-state index contributed by atoms with van der Waals surface area (Å²) in [5, 5.41) is 8.44. The van der Waals surface area contributed by atoms with Gasteiger partial charge in [0.15, 0.2) is 5.76 Å². The third-order valence-electron chi connectivity index (χ3n) is 3.37. The minimum atomic E-state index is 0.502. The molecule has 0 fully saturated rings. The van der Waals surface area contributed by atoms with Crippen molar-refractivity contribution in [2.24, 2.45) is 0 Å². The summed E-state index contributed by atoms with van der Waals surface area (Å²) in [6.07, 6.45) is 3.77. The summed E-state index contributed by atoms with van der Waals surface area (Å²) in [5.74, 6) is 0.869. The van der Waals surface area contributed by atoms with E-state index in [1.54, 1.807) is 6.20 Å². The minimum absolute atomic E-state index is 0.502. The summed E-state index contributed by atoms with van der Waals surface area (Å²) in [4.78, 5) is 0. The molecule has 0 spiro atoms.